The van der Waals surface area contributed by atoms with Gasteiger partial charge >= 0.3 is 0 Å². The molecule has 0 unspecified atom stereocenters. The van der Waals surface area contributed by atoms with Gasteiger partial charge in [0.1, 0.15) is 23.7 Å². The Morgan fingerprint density at radius 3 is 2.69 bits per heavy atom. The molecule has 1 amide bonds. The Morgan fingerprint density at radius 1 is 1.09 bits per heavy atom. The number of aromatic nitrogens is 3. The van der Waals surface area contributed by atoms with E-state index in [0.29, 0.717) is 29.7 Å². The second-order valence-corrected chi connectivity index (χ2v) is 8.10. The molecule has 2 aromatic carbocycles. The van der Waals surface area contributed by atoms with Crippen molar-refractivity contribution in [3.63, 3.8) is 0 Å². The SMILES string of the molecule is NC(=O)c1cc(-c2nc3cc(C4CCNCC4)cnc3[nH]2)ccc1OCc1ccccc1. The number of ether oxygens (including phenoxy) is 1. The highest BCUT2D eigenvalue weighted by atomic mass is 16.5. The van der Waals surface area contributed by atoms with Gasteiger partial charge in [0, 0.05) is 11.8 Å². The summed E-state index contributed by atoms with van der Waals surface area (Å²) in [5.41, 5.74) is 10.5. The van der Waals surface area contributed by atoms with Crippen LogP contribution in [0.5, 0.6) is 5.75 Å². The summed E-state index contributed by atoms with van der Waals surface area (Å²) in [6, 6.07) is 17.3. The van der Waals surface area contributed by atoms with E-state index in [1.807, 2.05) is 42.6 Å². The third-order valence-electron chi connectivity index (χ3n) is 5.92. The fraction of sp³-hybridized carbons (Fsp3) is 0.240. The number of benzene rings is 2. The molecule has 0 spiro atoms. The number of fused-ring (bicyclic) bond motifs is 1. The van der Waals surface area contributed by atoms with Gasteiger partial charge in [0.25, 0.3) is 5.91 Å². The molecular formula is C25H25N5O2. The van der Waals surface area contributed by atoms with Crippen molar-refractivity contribution in [3.05, 3.63) is 77.5 Å². The number of rotatable bonds is 6. The van der Waals surface area contributed by atoms with Crippen LogP contribution in [-0.2, 0) is 6.61 Å². The van der Waals surface area contributed by atoms with E-state index in [0.717, 1.165) is 48.2 Å². The maximum atomic E-state index is 12.1. The number of hydrogen-bond acceptors (Lipinski definition) is 5. The lowest BCUT2D eigenvalue weighted by atomic mass is 9.91. The maximum absolute atomic E-state index is 12.1. The van der Waals surface area contributed by atoms with Gasteiger partial charge in [0.05, 0.1) is 5.56 Å². The summed E-state index contributed by atoms with van der Waals surface area (Å²) in [4.78, 5) is 24.7. The fourth-order valence-electron chi connectivity index (χ4n) is 4.16. The van der Waals surface area contributed by atoms with Crippen molar-refractivity contribution in [2.75, 3.05) is 13.1 Å². The summed E-state index contributed by atoms with van der Waals surface area (Å²) in [5, 5.41) is 3.39. The predicted molar refractivity (Wildman–Crippen MR) is 123 cm³/mol. The van der Waals surface area contributed by atoms with Gasteiger partial charge in [-0.1, -0.05) is 30.3 Å². The van der Waals surface area contributed by atoms with Gasteiger partial charge in [-0.15, -0.1) is 0 Å². The van der Waals surface area contributed by atoms with E-state index >= 15 is 0 Å². The van der Waals surface area contributed by atoms with Crippen molar-refractivity contribution in [2.24, 2.45) is 5.73 Å². The van der Waals surface area contributed by atoms with Crippen molar-refractivity contribution in [1.82, 2.24) is 20.3 Å². The molecule has 3 heterocycles. The smallest absolute Gasteiger partial charge is 0.252 e. The van der Waals surface area contributed by atoms with Crippen molar-refractivity contribution in [3.8, 4) is 17.1 Å². The molecule has 1 aliphatic heterocycles. The first-order chi connectivity index (χ1) is 15.7. The van der Waals surface area contributed by atoms with E-state index in [9.17, 15) is 4.79 Å². The molecule has 1 fully saturated rings. The molecule has 0 atom stereocenters. The van der Waals surface area contributed by atoms with E-state index in [1.54, 1.807) is 12.1 Å². The summed E-state index contributed by atoms with van der Waals surface area (Å²) in [6.07, 6.45) is 4.16. The molecule has 4 aromatic rings. The Bertz CT molecular complexity index is 1250. The van der Waals surface area contributed by atoms with Crippen LogP contribution in [0.4, 0.5) is 0 Å². The topological polar surface area (TPSA) is 106 Å². The molecule has 4 N–H and O–H groups in total. The Hall–Kier alpha value is -3.71. The molecule has 162 valence electrons. The summed E-state index contributed by atoms with van der Waals surface area (Å²) < 4.78 is 5.87. The number of nitrogens with zero attached hydrogens (tertiary/aromatic N) is 2. The predicted octanol–water partition coefficient (Wildman–Crippen LogP) is 3.77. The Balaban J connectivity index is 1.42. The van der Waals surface area contributed by atoms with Crippen LogP contribution in [0.25, 0.3) is 22.6 Å². The summed E-state index contributed by atoms with van der Waals surface area (Å²) in [5.74, 6) is 1.06. The van der Waals surface area contributed by atoms with Crippen LogP contribution in [0.2, 0.25) is 0 Å². The molecular weight excluding hydrogens is 402 g/mol. The number of hydrogen-bond donors (Lipinski definition) is 3. The average molecular weight is 428 g/mol. The van der Waals surface area contributed by atoms with Gasteiger partial charge in [-0.3, -0.25) is 4.79 Å². The van der Waals surface area contributed by atoms with Crippen LogP contribution in [0.3, 0.4) is 0 Å². The molecule has 0 radical (unpaired) electrons. The van der Waals surface area contributed by atoms with Crippen LogP contribution < -0.4 is 15.8 Å². The molecule has 1 saturated heterocycles. The zero-order valence-corrected chi connectivity index (χ0v) is 17.7. The molecule has 7 heteroatoms. The highest BCUT2D eigenvalue weighted by Crippen LogP contribution is 2.29. The number of nitrogens with two attached hydrogens (primary N) is 1. The molecule has 1 aliphatic rings. The molecule has 0 saturated carbocycles. The van der Waals surface area contributed by atoms with Crippen molar-refractivity contribution in [1.29, 1.82) is 0 Å². The molecule has 2 aromatic heterocycles. The van der Waals surface area contributed by atoms with Gasteiger partial charge in [0.2, 0.25) is 0 Å². The Labute approximate surface area is 186 Å². The highest BCUT2D eigenvalue weighted by molar-refractivity contribution is 5.97. The van der Waals surface area contributed by atoms with E-state index < -0.39 is 5.91 Å². The number of piperidine rings is 1. The third kappa shape index (κ3) is 4.20. The van der Waals surface area contributed by atoms with Crippen LogP contribution in [0.15, 0.2) is 60.8 Å². The summed E-state index contributed by atoms with van der Waals surface area (Å²) in [6.45, 7) is 2.42. The van der Waals surface area contributed by atoms with E-state index in [1.165, 1.54) is 5.56 Å². The number of aromatic amines is 1. The molecule has 5 rings (SSSR count). The monoisotopic (exact) mass is 427 g/mol. The number of nitrogens with one attached hydrogen (secondary N) is 2. The number of pyridine rings is 1. The van der Waals surface area contributed by atoms with Crippen molar-refractivity contribution >= 4 is 17.1 Å². The van der Waals surface area contributed by atoms with Gasteiger partial charge in [-0.05, 0) is 67.2 Å². The van der Waals surface area contributed by atoms with Gasteiger partial charge in [-0.2, -0.15) is 0 Å². The van der Waals surface area contributed by atoms with E-state index in [4.69, 9.17) is 15.5 Å². The minimum Gasteiger partial charge on any atom is -0.488 e. The fourth-order valence-corrected chi connectivity index (χ4v) is 4.16. The average Bonchev–Trinajstić information content (AvgIpc) is 3.27. The minimum atomic E-state index is -0.544. The van der Waals surface area contributed by atoms with Gasteiger partial charge in [0.15, 0.2) is 5.65 Å². The maximum Gasteiger partial charge on any atom is 0.252 e. The normalized spacial score (nSPS) is 14.5. The second-order valence-electron chi connectivity index (χ2n) is 8.10. The van der Waals surface area contributed by atoms with Crippen LogP contribution in [-0.4, -0.2) is 33.9 Å². The van der Waals surface area contributed by atoms with Gasteiger partial charge < -0.3 is 20.8 Å². The number of carbonyl (C=O) groups is 1. The number of amides is 1. The number of carbonyl (C=O) groups excluding carboxylic acids is 1. The number of imidazole rings is 1. The highest BCUT2D eigenvalue weighted by Gasteiger charge is 2.18. The first-order valence-electron chi connectivity index (χ1n) is 10.8. The zero-order valence-electron chi connectivity index (χ0n) is 17.7. The molecule has 7 nitrogen and oxygen atoms in total. The van der Waals surface area contributed by atoms with Crippen molar-refractivity contribution < 1.29 is 9.53 Å². The first kappa shape index (κ1) is 20.2. The van der Waals surface area contributed by atoms with Gasteiger partial charge in [-0.25, -0.2) is 9.97 Å². The second kappa shape index (κ2) is 8.80. The first-order valence-corrected chi connectivity index (χ1v) is 10.8. The van der Waals surface area contributed by atoms with E-state index in [2.05, 4.69) is 21.4 Å². The molecule has 0 aliphatic carbocycles. The quantitative estimate of drug-likeness (QED) is 0.434. The van der Waals surface area contributed by atoms with Crippen LogP contribution >= 0.6 is 0 Å². The van der Waals surface area contributed by atoms with Crippen molar-refractivity contribution in [2.45, 2.75) is 25.4 Å². The Morgan fingerprint density at radius 2 is 1.91 bits per heavy atom. The lowest BCUT2D eigenvalue weighted by Gasteiger charge is -2.22. The lowest BCUT2D eigenvalue weighted by Crippen LogP contribution is -2.26. The zero-order chi connectivity index (χ0) is 21.9. The third-order valence-corrected chi connectivity index (χ3v) is 5.92. The lowest BCUT2D eigenvalue weighted by molar-refractivity contribution is 0.0996. The van der Waals surface area contributed by atoms with E-state index in [-0.39, 0.29) is 0 Å². The summed E-state index contributed by atoms with van der Waals surface area (Å²) >= 11 is 0. The Kier molecular flexibility index (Phi) is 5.56. The van der Waals surface area contributed by atoms with Crippen LogP contribution in [0.1, 0.15) is 40.2 Å². The minimum absolute atomic E-state index is 0.322. The largest absolute Gasteiger partial charge is 0.488 e. The number of H-pyrrole nitrogens is 1. The molecule has 0 bridgehead atoms. The summed E-state index contributed by atoms with van der Waals surface area (Å²) in [7, 11) is 0. The standard InChI is InChI=1S/C25H25N5O2/c26-23(31)20-12-18(6-7-22(20)32-15-16-4-2-1-3-5-16)24-29-21-13-19(14-28-25(21)30-24)17-8-10-27-11-9-17/h1-7,12-14,17,27H,8-11,15H2,(H2,26,31)(H,28,29,30). The number of primary amides is 1. The molecule has 32 heavy (non-hydrogen) atoms. The van der Waals surface area contributed by atoms with Crippen LogP contribution in [0, 0.1) is 0 Å².